The molecule has 2 fully saturated rings. The molecule has 0 spiro atoms. The highest BCUT2D eigenvalue weighted by Crippen LogP contribution is 2.28. The average molecular weight is 291 g/mol. The minimum absolute atomic E-state index is 0. The van der Waals surface area contributed by atoms with E-state index in [9.17, 15) is 4.79 Å². The Labute approximate surface area is 122 Å². The lowest BCUT2D eigenvalue weighted by Gasteiger charge is -2.42. The first-order chi connectivity index (χ1) is 8.49. The molecular formula is C14H27ClN2O2. The van der Waals surface area contributed by atoms with Crippen LogP contribution in [0.5, 0.6) is 0 Å². The molecule has 0 aromatic carbocycles. The van der Waals surface area contributed by atoms with Gasteiger partial charge in [0.2, 0.25) is 5.91 Å². The standard InChI is InChI=1S/C14H26N2O2.ClH/c1-14(2)10-16(8-7-12(14)15)13(17)9-18-11-5-3-4-6-11;/h11-12H,3-10,15H2,1-2H3;1H. The van der Waals surface area contributed by atoms with E-state index in [1.54, 1.807) is 0 Å². The van der Waals surface area contributed by atoms with E-state index in [0.29, 0.717) is 6.10 Å². The van der Waals surface area contributed by atoms with Crippen LogP contribution >= 0.6 is 12.4 Å². The Bertz CT molecular complexity index is 304. The molecule has 5 heteroatoms. The largest absolute Gasteiger partial charge is 0.368 e. The fraction of sp³-hybridized carbons (Fsp3) is 0.929. The van der Waals surface area contributed by atoms with E-state index < -0.39 is 0 Å². The van der Waals surface area contributed by atoms with Crippen LogP contribution in [0.15, 0.2) is 0 Å². The van der Waals surface area contributed by atoms with Crippen LogP contribution in [-0.4, -0.2) is 42.6 Å². The van der Waals surface area contributed by atoms with Gasteiger partial charge in [-0.15, -0.1) is 12.4 Å². The molecule has 0 radical (unpaired) electrons. The third-order valence-electron chi connectivity index (χ3n) is 4.41. The van der Waals surface area contributed by atoms with Gasteiger partial charge >= 0.3 is 0 Å². The molecular weight excluding hydrogens is 264 g/mol. The van der Waals surface area contributed by atoms with E-state index in [4.69, 9.17) is 10.5 Å². The molecule has 4 nitrogen and oxygen atoms in total. The van der Waals surface area contributed by atoms with Crippen molar-refractivity contribution in [1.29, 1.82) is 0 Å². The van der Waals surface area contributed by atoms with E-state index in [-0.39, 0.29) is 36.4 Å². The van der Waals surface area contributed by atoms with Gasteiger partial charge in [0.1, 0.15) is 6.61 Å². The van der Waals surface area contributed by atoms with Gasteiger partial charge in [-0.25, -0.2) is 0 Å². The number of hydrogen-bond acceptors (Lipinski definition) is 3. The number of amides is 1. The average Bonchev–Trinajstić information content (AvgIpc) is 2.82. The number of carbonyl (C=O) groups is 1. The van der Waals surface area contributed by atoms with Crippen LogP contribution in [-0.2, 0) is 9.53 Å². The summed E-state index contributed by atoms with van der Waals surface area (Å²) in [5.74, 6) is 0.127. The van der Waals surface area contributed by atoms with Crippen molar-refractivity contribution in [3.8, 4) is 0 Å². The summed E-state index contributed by atoms with van der Waals surface area (Å²) >= 11 is 0. The second kappa shape index (κ2) is 6.91. The first kappa shape index (κ1) is 16.7. The Morgan fingerprint density at radius 3 is 2.53 bits per heavy atom. The SMILES string of the molecule is CC1(C)CN(C(=O)COC2CCCC2)CCC1N.Cl. The highest BCUT2D eigenvalue weighted by Gasteiger charge is 2.35. The lowest BCUT2D eigenvalue weighted by Crippen LogP contribution is -2.54. The van der Waals surface area contributed by atoms with Crippen LogP contribution in [0.3, 0.4) is 0 Å². The summed E-state index contributed by atoms with van der Waals surface area (Å²) in [6.07, 6.45) is 5.92. The second-order valence-electron chi connectivity index (χ2n) is 6.42. The van der Waals surface area contributed by atoms with E-state index in [2.05, 4.69) is 13.8 Å². The molecule has 1 atom stereocenters. The van der Waals surface area contributed by atoms with Gasteiger partial charge in [0.15, 0.2) is 0 Å². The van der Waals surface area contributed by atoms with E-state index in [1.807, 2.05) is 4.90 Å². The fourth-order valence-corrected chi connectivity index (χ4v) is 2.92. The number of ether oxygens (including phenoxy) is 1. The molecule has 1 saturated heterocycles. The molecule has 2 N–H and O–H groups in total. The molecule has 1 amide bonds. The smallest absolute Gasteiger partial charge is 0.248 e. The van der Waals surface area contributed by atoms with E-state index in [0.717, 1.165) is 32.4 Å². The lowest BCUT2D eigenvalue weighted by molar-refractivity contribution is -0.141. The molecule has 1 aliphatic carbocycles. The van der Waals surface area contributed by atoms with Crippen LogP contribution in [0, 0.1) is 5.41 Å². The highest BCUT2D eigenvalue weighted by molar-refractivity contribution is 5.85. The summed E-state index contributed by atoms with van der Waals surface area (Å²) in [6, 6.07) is 0.192. The van der Waals surface area contributed by atoms with Crippen LogP contribution in [0.2, 0.25) is 0 Å². The predicted octanol–water partition coefficient (Wildman–Crippen LogP) is 1.95. The van der Waals surface area contributed by atoms with Crippen molar-refractivity contribution in [2.75, 3.05) is 19.7 Å². The number of hydrogen-bond donors (Lipinski definition) is 1. The monoisotopic (exact) mass is 290 g/mol. The topological polar surface area (TPSA) is 55.6 Å². The molecule has 1 heterocycles. The Morgan fingerprint density at radius 2 is 1.95 bits per heavy atom. The molecule has 19 heavy (non-hydrogen) atoms. The van der Waals surface area contributed by atoms with Gasteiger partial charge < -0.3 is 15.4 Å². The number of piperidine rings is 1. The van der Waals surface area contributed by atoms with Crippen LogP contribution in [0.1, 0.15) is 46.0 Å². The van der Waals surface area contributed by atoms with Gasteiger partial charge in [-0.05, 0) is 24.7 Å². The predicted molar refractivity (Wildman–Crippen MR) is 78.4 cm³/mol. The quantitative estimate of drug-likeness (QED) is 0.864. The first-order valence-electron chi connectivity index (χ1n) is 7.14. The summed E-state index contributed by atoms with van der Waals surface area (Å²) in [4.78, 5) is 14.0. The number of nitrogens with two attached hydrogens (primary N) is 1. The number of likely N-dealkylation sites (tertiary alicyclic amines) is 1. The Balaban J connectivity index is 0.00000180. The molecule has 2 rings (SSSR count). The maximum absolute atomic E-state index is 12.1. The normalized spacial score (nSPS) is 27.1. The molecule has 0 bridgehead atoms. The van der Waals surface area contributed by atoms with Crippen LogP contribution in [0.4, 0.5) is 0 Å². The number of carbonyl (C=O) groups excluding carboxylic acids is 1. The Hall–Kier alpha value is -0.320. The number of nitrogens with zero attached hydrogens (tertiary/aromatic N) is 1. The van der Waals surface area contributed by atoms with Crippen molar-refractivity contribution in [2.24, 2.45) is 11.1 Å². The third-order valence-corrected chi connectivity index (χ3v) is 4.41. The molecule has 2 aliphatic rings. The maximum atomic E-state index is 12.1. The van der Waals surface area contributed by atoms with Crippen molar-refractivity contribution in [2.45, 2.75) is 58.1 Å². The molecule has 1 saturated carbocycles. The summed E-state index contributed by atoms with van der Waals surface area (Å²) in [7, 11) is 0. The van der Waals surface area contributed by atoms with Crippen LogP contribution < -0.4 is 5.73 Å². The lowest BCUT2D eigenvalue weighted by atomic mass is 9.80. The Kier molecular flexibility index (Phi) is 6.09. The molecule has 0 aromatic rings. The van der Waals surface area contributed by atoms with Crippen LogP contribution in [0.25, 0.3) is 0 Å². The minimum atomic E-state index is 0. The molecule has 1 aliphatic heterocycles. The van der Waals surface area contributed by atoms with E-state index in [1.165, 1.54) is 12.8 Å². The molecule has 112 valence electrons. The van der Waals surface area contributed by atoms with Gasteiger partial charge in [0, 0.05) is 19.1 Å². The zero-order chi connectivity index (χ0) is 13.2. The summed E-state index contributed by atoms with van der Waals surface area (Å²) in [6.45, 7) is 6.04. The van der Waals surface area contributed by atoms with Crippen molar-refractivity contribution >= 4 is 18.3 Å². The van der Waals surface area contributed by atoms with Crippen molar-refractivity contribution in [3.63, 3.8) is 0 Å². The van der Waals surface area contributed by atoms with Gasteiger partial charge in [-0.1, -0.05) is 26.7 Å². The van der Waals surface area contributed by atoms with Gasteiger partial charge in [0.25, 0.3) is 0 Å². The van der Waals surface area contributed by atoms with Crippen molar-refractivity contribution in [3.05, 3.63) is 0 Å². The second-order valence-corrected chi connectivity index (χ2v) is 6.42. The summed E-state index contributed by atoms with van der Waals surface area (Å²) in [5.41, 5.74) is 6.09. The third kappa shape index (κ3) is 4.33. The zero-order valence-corrected chi connectivity index (χ0v) is 12.9. The van der Waals surface area contributed by atoms with Gasteiger partial charge in [-0.2, -0.15) is 0 Å². The highest BCUT2D eigenvalue weighted by atomic mass is 35.5. The number of halogens is 1. The van der Waals surface area contributed by atoms with Crippen molar-refractivity contribution in [1.82, 2.24) is 4.90 Å². The minimum Gasteiger partial charge on any atom is -0.368 e. The molecule has 0 aromatic heterocycles. The summed E-state index contributed by atoms with van der Waals surface area (Å²) in [5, 5.41) is 0. The Morgan fingerprint density at radius 1 is 1.32 bits per heavy atom. The van der Waals surface area contributed by atoms with Crippen molar-refractivity contribution < 1.29 is 9.53 Å². The molecule has 1 unspecified atom stereocenters. The zero-order valence-electron chi connectivity index (χ0n) is 12.1. The summed E-state index contributed by atoms with van der Waals surface area (Å²) < 4.78 is 5.69. The first-order valence-corrected chi connectivity index (χ1v) is 7.14. The van der Waals surface area contributed by atoms with Gasteiger partial charge in [-0.3, -0.25) is 4.79 Å². The fourth-order valence-electron chi connectivity index (χ4n) is 2.92. The maximum Gasteiger partial charge on any atom is 0.248 e. The van der Waals surface area contributed by atoms with E-state index >= 15 is 0 Å². The number of rotatable bonds is 3. The van der Waals surface area contributed by atoms with Gasteiger partial charge in [0.05, 0.1) is 6.10 Å².